The Morgan fingerprint density at radius 1 is 1.35 bits per heavy atom. The Bertz CT molecular complexity index is 870. The minimum absolute atomic E-state index is 0.0672. The Balaban J connectivity index is 1.71. The topological polar surface area (TPSA) is 65.8 Å². The quantitative estimate of drug-likeness (QED) is 0.796. The van der Waals surface area contributed by atoms with Crippen molar-refractivity contribution in [3.63, 3.8) is 0 Å². The summed E-state index contributed by atoms with van der Waals surface area (Å²) in [5.74, 6) is 0.181. The van der Waals surface area contributed by atoms with E-state index < -0.39 is 0 Å². The molecule has 0 saturated heterocycles. The van der Waals surface area contributed by atoms with Crippen LogP contribution in [0.3, 0.4) is 0 Å². The van der Waals surface area contributed by atoms with Crippen LogP contribution in [0.1, 0.15) is 47.7 Å². The van der Waals surface area contributed by atoms with Crippen molar-refractivity contribution in [3.8, 4) is 6.07 Å². The molecule has 2 aromatic rings. The summed E-state index contributed by atoms with van der Waals surface area (Å²) in [4.78, 5) is 17.1. The van der Waals surface area contributed by atoms with Crippen LogP contribution in [0, 0.1) is 18.3 Å². The summed E-state index contributed by atoms with van der Waals surface area (Å²) in [6.07, 6.45) is 5.13. The summed E-state index contributed by atoms with van der Waals surface area (Å²) in [6, 6.07) is 10.2. The van der Waals surface area contributed by atoms with E-state index >= 15 is 0 Å². The summed E-state index contributed by atoms with van der Waals surface area (Å²) in [6.45, 7) is 4.08. The minimum Gasteiger partial charge on any atom is -0.325 e. The fourth-order valence-electron chi connectivity index (χ4n) is 3.32. The van der Waals surface area contributed by atoms with E-state index in [0.29, 0.717) is 10.6 Å². The number of aromatic nitrogens is 1. The van der Waals surface area contributed by atoms with Gasteiger partial charge in [0, 0.05) is 11.4 Å². The van der Waals surface area contributed by atoms with Crippen LogP contribution in [0.15, 0.2) is 29.3 Å². The smallest absolute Gasteiger partial charge is 0.234 e. The maximum Gasteiger partial charge on any atom is 0.234 e. The van der Waals surface area contributed by atoms with Gasteiger partial charge in [-0.1, -0.05) is 36.9 Å². The normalized spacial score (nSPS) is 13.0. The van der Waals surface area contributed by atoms with Gasteiger partial charge in [-0.25, -0.2) is 4.98 Å². The van der Waals surface area contributed by atoms with Gasteiger partial charge in [0.15, 0.2) is 0 Å². The number of nitrogens with zero attached hydrogens (tertiary/aromatic N) is 2. The molecule has 0 saturated carbocycles. The standard InChI is InChI=1S/C21H23N3OS/c1-3-15-9-6-7-14(2)20(15)24-19(25)13-26-21-17(12-22)11-16-8-4-5-10-18(16)23-21/h6-7,9,11H,3-5,8,10,13H2,1-2H3,(H,24,25). The van der Waals surface area contributed by atoms with Crippen LogP contribution in [0.25, 0.3) is 0 Å². The summed E-state index contributed by atoms with van der Waals surface area (Å²) in [7, 11) is 0. The van der Waals surface area contributed by atoms with Crippen molar-refractivity contribution in [3.05, 3.63) is 52.2 Å². The molecule has 0 unspecified atom stereocenters. The number of rotatable bonds is 5. The van der Waals surface area contributed by atoms with E-state index in [1.54, 1.807) is 0 Å². The highest BCUT2D eigenvalue weighted by atomic mass is 32.2. The molecule has 0 bridgehead atoms. The zero-order valence-electron chi connectivity index (χ0n) is 15.3. The zero-order valence-corrected chi connectivity index (χ0v) is 16.1. The van der Waals surface area contributed by atoms with Gasteiger partial charge in [0.05, 0.1) is 11.3 Å². The van der Waals surface area contributed by atoms with Gasteiger partial charge in [-0.15, -0.1) is 0 Å². The van der Waals surface area contributed by atoms with Gasteiger partial charge >= 0.3 is 0 Å². The van der Waals surface area contributed by atoms with E-state index in [-0.39, 0.29) is 11.7 Å². The molecule has 0 radical (unpaired) electrons. The monoisotopic (exact) mass is 365 g/mol. The Morgan fingerprint density at radius 2 is 2.15 bits per heavy atom. The highest BCUT2D eigenvalue weighted by molar-refractivity contribution is 8.00. The lowest BCUT2D eigenvalue weighted by atomic mass is 9.95. The number of pyridine rings is 1. The van der Waals surface area contributed by atoms with Gasteiger partial charge in [-0.3, -0.25) is 4.79 Å². The van der Waals surface area contributed by atoms with Crippen LogP contribution in [0.4, 0.5) is 5.69 Å². The molecule has 0 fully saturated rings. The van der Waals surface area contributed by atoms with Crippen molar-refractivity contribution in [2.45, 2.75) is 51.0 Å². The van der Waals surface area contributed by atoms with Gasteiger partial charge in [-0.2, -0.15) is 5.26 Å². The predicted molar refractivity (Wildman–Crippen MR) is 106 cm³/mol. The van der Waals surface area contributed by atoms with Crippen molar-refractivity contribution in [1.29, 1.82) is 5.26 Å². The Labute approximate surface area is 159 Å². The van der Waals surface area contributed by atoms with Crippen molar-refractivity contribution in [2.24, 2.45) is 0 Å². The second kappa shape index (κ2) is 8.37. The number of nitriles is 1. The number of nitrogens with one attached hydrogen (secondary N) is 1. The minimum atomic E-state index is -0.0672. The molecule has 0 atom stereocenters. The van der Waals surface area contributed by atoms with E-state index in [2.05, 4.69) is 23.3 Å². The van der Waals surface area contributed by atoms with E-state index in [1.807, 2.05) is 31.2 Å². The average Bonchev–Trinajstić information content (AvgIpc) is 2.67. The number of aryl methyl sites for hydroxylation is 4. The van der Waals surface area contributed by atoms with Crippen molar-refractivity contribution in [1.82, 2.24) is 4.98 Å². The first-order chi connectivity index (χ1) is 12.6. The number of thioether (sulfide) groups is 1. The van der Waals surface area contributed by atoms with E-state index in [4.69, 9.17) is 0 Å². The first kappa shape index (κ1) is 18.5. The Kier molecular flexibility index (Phi) is 5.95. The molecule has 1 aliphatic carbocycles. The van der Waals surface area contributed by atoms with Crippen molar-refractivity contribution >= 4 is 23.4 Å². The lowest BCUT2D eigenvalue weighted by Gasteiger charge is -2.16. The second-order valence-corrected chi connectivity index (χ2v) is 7.53. The average molecular weight is 366 g/mol. The van der Waals surface area contributed by atoms with Gasteiger partial charge in [0.1, 0.15) is 11.1 Å². The Hall–Kier alpha value is -2.32. The fourth-order valence-corrected chi connectivity index (χ4v) is 4.09. The summed E-state index contributed by atoms with van der Waals surface area (Å²) in [5.41, 5.74) is 5.95. The third-order valence-corrected chi connectivity index (χ3v) is 5.72. The molecule has 0 aliphatic heterocycles. The SMILES string of the molecule is CCc1cccc(C)c1NC(=O)CSc1nc2c(cc1C#N)CCCC2. The number of carbonyl (C=O) groups excluding carboxylic acids is 1. The molecular weight excluding hydrogens is 342 g/mol. The number of hydrogen-bond donors (Lipinski definition) is 1. The molecule has 1 aromatic heterocycles. The Morgan fingerprint density at radius 3 is 2.92 bits per heavy atom. The molecule has 0 spiro atoms. The van der Waals surface area contributed by atoms with Crippen molar-refractivity contribution in [2.75, 3.05) is 11.1 Å². The largest absolute Gasteiger partial charge is 0.325 e. The third kappa shape index (κ3) is 4.08. The molecule has 1 amide bonds. The molecule has 4 nitrogen and oxygen atoms in total. The number of benzene rings is 1. The lowest BCUT2D eigenvalue weighted by molar-refractivity contribution is -0.113. The lowest BCUT2D eigenvalue weighted by Crippen LogP contribution is -2.16. The summed E-state index contributed by atoms with van der Waals surface area (Å²) >= 11 is 1.35. The van der Waals surface area contributed by atoms with E-state index in [0.717, 1.165) is 54.6 Å². The second-order valence-electron chi connectivity index (χ2n) is 6.57. The van der Waals surface area contributed by atoms with Crippen LogP contribution >= 0.6 is 11.8 Å². The van der Waals surface area contributed by atoms with Gasteiger partial charge in [0.2, 0.25) is 5.91 Å². The number of carbonyl (C=O) groups is 1. The maximum atomic E-state index is 12.5. The van der Waals surface area contributed by atoms with Gasteiger partial charge in [0.25, 0.3) is 0 Å². The molecule has 134 valence electrons. The van der Waals surface area contributed by atoms with Gasteiger partial charge in [-0.05, 0) is 61.8 Å². The molecule has 1 heterocycles. The van der Waals surface area contributed by atoms with Gasteiger partial charge < -0.3 is 5.32 Å². The molecule has 3 rings (SSSR count). The van der Waals surface area contributed by atoms with Crippen LogP contribution < -0.4 is 5.32 Å². The van der Waals surface area contributed by atoms with Crippen LogP contribution in [-0.4, -0.2) is 16.6 Å². The van der Waals surface area contributed by atoms with E-state index in [9.17, 15) is 10.1 Å². The summed E-state index contributed by atoms with van der Waals surface area (Å²) < 4.78 is 0. The zero-order chi connectivity index (χ0) is 18.5. The molecular formula is C21H23N3OS. The van der Waals surface area contributed by atoms with E-state index in [1.165, 1.54) is 17.3 Å². The van der Waals surface area contributed by atoms with Crippen LogP contribution in [-0.2, 0) is 24.1 Å². The molecule has 1 aromatic carbocycles. The van der Waals surface area contributed by atoms with Crippen molar-refractivity contribution < 1.29 is 4.79 Å². The maximum absolute atomic E-state index is 12.5. The number of fused-ring (bicyclic) bond motifs is 1. The predicted octanol–water partition coefficient (Wildman–Crippen LogP) is 4.43. The number of anilines is 1. The highest BCUT2D eigenvalue weighted by Crippen LogP contribution is 2.28. The molecule has 1 N–H and O–H groups in total. The number of para-hydroxylation sites is 1. The number of amides is 1. The molecule has 1 aliphatic rings. The molecule has 26 heavy (non-hydrogen) atoms. The number of hydrogen-bond acceptors (Lipinski definition) is 4. The highest BCUT2D eigenvalue weighted by Gasteiger charge is 2.17. The summed E-state index contributed by atoms with van der Waals surface area (Å²) in [5, 5.41) is 13.1. The fraction of sp³-hybridized carbons (Fsp3) is 0.381. The first-order valence-corrected chi connectivity index (χ1v) is 10.0. The third-order valence-electron chi connectivity index (χ3n) is 4.73. The van der Waals surface area contributed by atoms with Crippen LogP contribution in [0.2, 0.25) is 0 Å². The first-order valence-electron chi connectivity index (χ1n) is 9.06. The molecule has 5 heteroatoms. The van der Waals surface area contributed by atoms with Crippen LogP contribution in [0.5, 0.6) is 0 Å².